The predicted octanol–water partition coefficient (Wildman–Crippen LogP) is 2.95. The van der Waals surface area contributed by atoms with Gasteiger partial charge in [-0.25, -0.2) is 8.42 Å². The number of hydrogen-bond acceptors (Lipinski definition) is 4. The third-order valence-corrected chi connectivity index (χ3v) is 6.56. The van der Waals surface area contributed by atoms with Crippen molar-refractivity contribution in [2.75, 3.05) is 26.2 Å². The molecule has 0 atom stereocenters. The van der Waals surface area contributed by atoms with Crippen molar-refractivity contribution < 1.29 is 17.6 Å². The summed E-state index contributed by atoms with van der Waals surface area (Å²) in [5.41, 5.74) is 0. The van der Waals surface area contributed by atoms with Gasteiger partial charge in [0.15, 0.2) is 10.4 Å². The summed E-state index contributed by atoms with van der Waals surface area (Å²) in [5.74, 6) is 0.00498. The highest BCUT2D eigenvalue weighted by molar-refractivity contribution is 9.10. The molecular formula is C15H14Br2N2O4S. The van der Waals surface area contributed by atoms with Crippen molar-refractivity contribution in [3.8, 4) is 0 Å². The summed E-state index contributed by atoms with van der Waals surface area (Å²) in [5, 5.41) is 0. The van der Waals surface area contributed by atoms with Gasteiger partial charge in [-0.05, 0) is 46.3 Å². The van der Waals surface area contributed by atoms with Gasteiger partial charge in [-0.1, -0.05) is 22.0 Å². The van der Waals surface area contributed by atoms with E-state index in [0.717, 1.165) is 0 Å². The zero-order valence-corrected chi connectivity index (χ0v) is 16.5. The number of carbonyl (C=O) groups excluding carboxylic acids is 1. The van der Waals surface area contributed by atoms with Crippen LogP contribution in [0.1, 0.15) is 10.6 Å². The SMILES string of the molecule is O=C(c1ccc(Br)o1)N1CCN(S(=O)(=O)c2cccc(Br)c2)CC1. The Balaban J connectivity index is 1.69. The van der Waals surface area contributed by atoms with Crippen molar-refractivity contribution in [2.24, 2.45) is 0 Å². The van der Waals surface area contributed by atoms with Gasteiger partial charge in [0.05, 0.1) is 4.90 Å². The predicted molar refractivity (Wildman–Crippen MR) is 95.2 cm³/mol. The van der Waals surface area contributed by atoms with Gasteiger partial charge in [-0.3, -0.25) is 4.79 Å². The van der Waals surface area contributed by atoms with Crippen LogP contribution in [0.15, 0.2) is 54.9 Å². The van der Waals surface area contributed by atoms with Crippen molar-refractivity contribution >= 4 is 47.8 Å². The molecule has 9 heteroatoms. The largest absolute Gasteiger partial charge is 0.444 e. The molecule has 3 rings (SSSR count). The van der Waals surface area contributed by atoms with E-state index < -0.39 is 10.0 Å². The van der Waals surface area contributed by atoms with E-state index in [4.69, 9.17) is 4.42 Å². The first-order valence-corrected chi connectivity index (χ1v) is 10.2. The zero-order chi connectivity index (χ0) is 17.3. The Labute approximate surface area is 156 Å². The minimum Gasteiger partial charge on any atom is -0.444 e. The molecule has 1 fully saturated rings. The summed E-state index contributed by atoms with van der Waals surface area (Å²) in [6.07, 6.45) is 0. The fourth-order valence-corrected chi connectivity index (χ4v) is 4.82. The number of nitrogens with zero attached hydrogens (tertiary/aromatic N) is 2. The van der Waals surface area contributed by atoms with E-state index in [1.54, 1.807) is 41.3 Å². The minimum atomic E-state index is -3.56. The first-order valence-electron chi connectivity index (χ1n) is 7.18. The van der Waals surface area contributed by atoms with Crippen molar-refractivity contribution in [1.82, 2.24) is 9.21 Å². The van der Waals surface area contributed by atoms with E-state index in [0.29, 0.717) is 22.2 Å². The molecule has 0 saturated carbocycles. The highest BCUT2D eigenvalue weighted by atomic mass is 79.9. The minimum absolute atomic E-state index is 0.236. The Hall–Kier alpha value is -1.16. The first kappa shape index (κ1) is 17.7. The van der Waals surface area contributed by atoms with Crippen molar-refractivity contribution in [3.63, 3.8) is 0 Å². The fraction of sp³-hybridized carbons (Fsp3) is 0.267. The van der Waals surface area contributed by atoms with Gasteiger partial charge in [0.1, 0.15) is 0 Å². The second kappa shape index (κ2) is 6.99. The summed E-state index contributed by atoms with van der Waals surface area (Å²) in [4.78, 5) is 14.2. The smallest absolute Gasteiger partial charge is 0.289 e. The fourth-order valence-electron chi connectivity index (χ4n) is 2.49. The standard InChI is InChI=1S/C15H14Br2N2O4S/c16-11-2-1-3-12(10-11)24(21,22)19-8-6-18(7-9-19)15(20)13-4-5-14(17)23-13/h1-5,10H,6-9H2. The lowest BCUT2D eigenvalue weighted by Crippen LogP contribution is -2.50. The number of sulfonamides is 1. The Morgan fingerprint density at radius 2 is 1.75 bits per heavy atom. The van der Waals surface area contributed by atoms with Crippen LogP contribution in [-0.4, -0.2) is 49.7 Å². The number of carbonyl (C=O) groups is 1. The third-order valence-electron chi connectivity index (χ3n) is 3.74. The van der Waals surface area contributed by atoms with E-state index >= 15 is 0 Å². The molecule has 1 saturated heterocycles. The van der Waals surface area contributed by atoms with Crippen LogP contribution in [0.3, 0.4) is 0 Å². The second-order valence-electron chi connectivity index (χ2n) is 5.26. The topological polar surface area (TPSA) is 70.8 Å². The average molecular weight is 478 g/mol. The van der Waals surface area contributed by atoms with Crippen molar-refractivity contribution in [2.45, 2.75) is 4.90 Å². The van der Waals surface area contributed by atoms with Gasteiger partial charge in [0.25, 0.3) is 5.91 Å². The van der Waals surface area contributed by atoms with Crippen LogP contribution in [0.4, 0.5) is 0 Å². The van der Waals surface area contributed by atoms with Crippen molar-refractivity contribution in [1.29, 1.82) is 0 Å². The van der Waals surface area contributed by atoms with E-state index in [2.05, 4.69) is 31.9 Å². The van der Waals surface area contributed by atoms with E-state index in [1.165, 1.54) is 4.31 Å². The highest BCUT2D eigenvalue weighted by Gasteiger charge is 2.31. The van der Waals surface area contributed by atoms with Crippen LogP contribution in [-0.2, 0) is 10.0 Å². The molecule has 6 nitrogen and oxygen atoms in total. The number of benzene rings is 1. The Morgan fingerprint density at radius 3 is 2.33 bits per heavy atom. The molecule has 24 heavy (non-hydrogen) atoms. The summed E-state index contributed by atoms with van der Waals surface area (Å²) in [7, 11) is -3.56. The molecule has 0 spiro atoms. The summed E-state index contributed by atoms with van der Waals surface area (Å²) in [6, 6.07) is 9.85. The molecule has 1 aromatic heterocycles. The molecule has 2 heterocycles. The van der Waals surface area contributed by atoms with Crippen LogP contribution >= 0.6 is 31.9 Å². The quantitative estimate of drug-likeness (QED) is 0.681. The molecule has 2 aromatic rings. The molecule has 0 unspecified atom stereocenters. The summed E-state index contributed by atoms with van der Waals surface area (Å²) in [6.45, 7) is 1.15. The monoisotopic (exact) mass is 476 g/mol. The van der Waals surface area contributed by atoms with Gasteiger partial charge in [0, 0.05) is 30.7 Å². The lowest BCUT2D eigenvalue weighted by atomic mass is 10.3. The molecule has 1 aliphatic rings. The van der Waals surface area contributed by atoms with Crippen molar-refractivity contribution in [3.05, 3.63) is 51.3 Å². The lowest BCUT2D eigenvalue weighted by molar-refractivity contribution is 0.0664. The van der Waals surface area contributed by atoms with Gasteiger partial charge in [-0.2, -0.15) is 4.31 Å². The normalized spacial score (nSPS) is 16.3. The molecule has 0 bridgehead atoms. The Kier molecular flexibility index (Phi) is 5.14. The number of hydrogen-bond donors (Lipinski definition) is 0. The number of halogens is 2. The molecule has 1 aromatic carbocycles. The molecule has 128 valence electrons. The molecule has 0 N–H and O–H groups in total. The third kappa shape index (κ3) is 3.58. The average Bonchev–Trinajstić information content (AvgIpc) is 3.01. The zero-order valence-electron chi connectivity index (χ0n) is 12.5. The summed E-state index contributed by atoms with van der Waals surface area (Å²) >= 11 is 6.45. The van der Waals surface area contributed by atoms with Gasteiger partial charge in [-0.15, -0.1) is 0 Å². The van der Waals surface area contributed by atoms with E-state index in [-0.39, 0.29) is 29.7 Å². The van der Waals surface area contributed by atoms with Crippen LogP contribution in [0, 0.1) is 0 Å². The molecule has 0 aliphatic carbocycles. The van der Waals surface area contributed by atoms with Gasteiger partial charge >= 0.3 is 0 Å². The first-order chi connectivity index (χ1) is 11.4. The molecule has 1 amide bonds. The maximum Gasteiger partial charge on any atom is 0.289 e. The molecular weight excluding hydrogens is 464 g/mol. The van der Waals surface area contributed by atoms with Gasteiger partial charge in [0.2, 0.25) is 10.0 Å². The second-order valence-corrected chi connectivity index (χ2v) is 8.89. The number of rotatable bonds is 3. The lowest BCUT2D eigenvalue weighted by Gasteiger charge is -2.33. The van der Waals surface area contributed by atoms with E-state index in [9.17, 15) is 13.2 Å². The number of piperazine rings is 1. The van der Waals surface area contributed by atoms with E-state index in [1.807, 2.05) is 0 Å². The van der Waals surface area contributed by atoms with Crippen LogP contribution in [0.25, 0.3) is 0 Å². The number of furan rings is 1. The summed E-state index contributed by atoms with van der Waals surface area (Å²) < 4.78 is 33.2. The van der Waals surface area contributed by atoms with Crippen LogP contribution < -0.4 is 0 Å². The molecule has 0 radical (unpaired) electrons. The van der Waals surface area contributed by atoms with Crippen LogP contribution in [0.5, 0.6) is 0 Å². The molecule has 1 aliphatic heterocycles. The Morgan fingerprint density at radius 1 is 1.04 bits per heavy atom. The number of amides is 1. The highest BCUT2D eigenvalue weighted by Crippen LogP contribution is 2.22. The van der Waals surface area contributed by atoms with Crippen LogP contribution in [0.2, 0.25) is 0 Å². The maximum atomic E-state index is 12.7. The Bertz CT molecular complexity index is 858. The van der Waals surface area contributed by atoms with Gasteiger partial charge < -0.3 is 9.32 Å². The maximum absolute atomic E-state index is 12.7.